The molecule has 0 spiro atoms. The average Bonchev–Trinajstić information content (AvgIpc) is 2.65. The van der Waals surface area contributed by atoms with Crippen molar-refractivity contribution in [3.8, 4) is 5.75 Å². The molecule has 3 aromatic rings. The van der Waals surface area contributed by atoms with Crippen molar-refractivity contribution in [3.05, 3.63) is 69.5 Å². The first-order valence-corrected chi connectivity index (χ1v) is 9.23. The molecular formula is C21H16F6N2O2. The van der Waals surface area contributed by atoms with Gasteiger partial charge >= 0.3 is 12.4 Å². The summed E-state index contributed by atoms with van der Waals surface area (Å²) in [5, 5.41) is -0.411. The molecule has 0 aliphatic carbocycles. The van der Waals surface area contributed by atoms with E-state index in [1.807, 2.05) is 6.92 Å². The van der Waals surface area contributed by atoms with Crippen LogP contribution in [0.1, 0.15) is 22.7 Å². The van der Waals surface area contributed by atoms with Gasteiger partial charge in [0.25, 0.3) is 0 Å². The number of nitrogens with one attached hydrogen (secondary N) is 1. The highest BCUT2D eigenvalue weighted by Gasteiger charge is 2.39. The normalized spacial score (nSPS) is 16.9. The largest absolute Gasteiger partial charge is 0.489 e. The molecule has 0 saturated heterocycles. The number of alkyl halides is 6. The lowest BCUT2D eigenvalue weighted by atomic mass is 10.00. The van der Waals surface area contributed by atoms with Gasteiger partial charge < -0.3 is 14.6 Å². The van der Waals surface area contributed by atoms with Crippen LogP contribution in [0.25, 0.3) is 10.9 Å². The zero-order valence-corrected chi connectivity index (χ0v) is 16.1. The van der Waals surface area contributed by atoms with E-state index in [4.69, 9.17) is 4.74 Å². The van der Waals surface area contributed by atoms with Crippen LogP contribution in [0.5, 0.6) is 5.75 Å². The molecule has 2 aromatic carbocycles. The molecule has 164 valence electrons. The lowest BCUT2D eigenvalue weighted by Crippen LogP contribution is -2.42. The van der Waals surface area contributed by atoms with Crippen molar-refractivity contribution >= 4 is 16.6 Å². The molecule has 1 atom stereocenters. The summed E-state index contributed by atoms with van der Waals surface area (Å²) in [6, 6.07) is 8.47. The van der Waals surface area contributed by atoms with Crippen LogP contribution in [0.15, 0.2) is 47.3 Å². The van der Waals surface area contributed by atoms with Gasteiger partial charge in [-0.25, -0.2) is 0 Å². The number of aromatic amines is 1. The zero-order valence-electron chi connectivity index (χ0n) is 16.1. The van der Waals surface area contributed by atoms with Gasteiger partial charge in [-0.3, -0.25) is 4.79 Å². The van der Waals surface area contributed by atoms with Gasteiger partial charge in [-0.2, -0.15) is 26.3 Å². The maximum Gasteiger partial charge on any atom is 0.417 e. The molecule has 0 amide bonds. The standard InChI is InChI=1S/C21H16F6N2O2/c1-11-2-4-12(5-3-11)17-9-31-18-8-15-13(6-16(18)29(17)10-20(22,23)24)14(21(25,26)27)7-19(30)28-15/h2-8,17H,9-10H2,1H3,(H,28,30)/t17-/m0/s1. The summed E-state index contributed by atoms with van der Waals surface area (Å²) >= 11 is 0. The molecule has 4 nitrogen and oxygen atoms in total. The quantitative estimate of drug-likeness (QED) is 0.544. The summed E-state index contributed by atoms with van der Waals surface area (Å²) in [6.07, 6.45) is -9.47. The second kappa shape index (κ2) is 7.21. The molecule has 4 rings (SSSR count). The van der Waals surface area contributed by atoms with E-state index >= 15 is 0 Å². The van der Waals surface area contributed by atoms with Crippen LogP contribution in [0.2, 0.25) is 0 Å². The molecule has 31 heavy (non-hydrogen) atoms. The van der Waals surface area contributed by atoms with E-state index in [0.29, 0.717) is 11.6 Å². The van der Waals surface area contributed by atoms with Crippen molar-refractivity contribution in [3.63, 3.8) is 0 Å². The van der Waals surface area contributed by atoms with E-state index in [-0.39, 0.29) is 23.6 Å². The molecule has 10 heteroatoms. The third-order valence-corrected chi connectivity index (χ3v) is 5.12. The summed E-state index contributed by atoms with van der Waals surface area (Å²) in [6.45, 7) is 0.314. The van der Waals surface area contributed by atoms with Crippen LogP contribution in [0.3, 0.4) is 0 Å². The van der Waals surface area contributed by atoms with Crippen LogP contribution < -0.4 is 15.2 Å². The van der Waals surface area contributed by atoms with E-state index in [2.05, 4.69) is 4.98 Å². The molecule has 0 unspecified atom stereocenters. The maximum atomic E-state index is 13.5. The number of H-pyrrole nitrogens is 1. The van der Waals surface area contributed by atoms with Crippen LogP contribution in [0, 0.1) is 6.92 Å². The van der Waals surface area contributed by atoms with Crippen molar-refractivity contribution < 1.29 is 31.1 Å². The van der Waals surface area contributed by atoms with Crippen molar-refractivity contribution in [2.45, 2.75) is 25.3 Å². The lowest BCUT2D eigenvalue weighted by molar-refractivity contribution is -0.136. The number of hydrogen-bond donors (Lipinski definition) is 1. The van der Waals surface area contributed by atoms with Gasteiger partial charge in [-0.15, -0.1) is 0 Å². The summed E-state index contributed by atoms with van der Waals surface area (Å²) in [4.78, 5) is 15.0. The number of pyridine rings is 1. The number of benzene rings is 2. The summed E-state index contributed by atoms with van der Waals surface area (Å²) in [5.41, 5.74) is -1.04. The van der Waals surface area contributed by atoms with Gasteiger partial charge in [0.15, 0.2) is 0 Å². The zero-order chi connectivity index (χ0) is 22.6. The molecule has 0 saturated carbocycles. The van der Waals surface area contributed by atoms with Crippen LogP contribution >= 0.6 is 0 Å². The number of aromatic nitrogens is 1. The molecule has 1 N–H and O–H groups in total. The Morgan fingerprint density at radius 3 is 2.35 bits per heavy atom. The highest BCUT2D eigenvalue weighted by Crippen LogP contribution is 2.44. The fraction of sp³-hybridized carbons (Fsp3) is 0.286. The van der Waals surface area contributed by atoms with Crippen molar-refractivity contribution in [1.29, 1.82) is 0 Å². The van der Waals surface area contributed by atoms with Crippen LogP contribution in [0.4, 0.5) is 32.0 Å². The second-order valence-corrected chi connectivity index (χ2v) is 7.39. The van der Waals surface area contributed by atoms with E-state index in [1.165, 1.54) is 0 Å². The number of ether oxygens (including phenoxy) is 1. The predicted molar refractivity (Wildman–Crippen MR) is 102 cm³/mol. The van der Waals surface area contributed by atoms with Crippen molar-refractivity contribution in [2.75, 3.05) is 18.1 Å². The second-order valence-electron chi connectivity index (χ2n) is 7.39. The Bertz CT molecular complexity index is 1180. The Balaban J connectivity index is 1.92. The molecule has 2 heterocycles. The highest BCUT2D eigenvalue weighted by atomic mass is 19.4. The SMILES string of the molecule is Cc1ccc([C@@H]2COc3cc4[nH]c(=O)cc(C(F)(F)F)c4cc3N2CC(F)(F)F)cc1. The van der Waals surface area contributed by atoms with E-state index in [1.54, 1.807) is 24.3 Å². The molecule has 1 aromatic heterocycles. The molecular weight excluding hydrogens is 426 g/mol. The number of hydrogen-bond acceptors (Lipinski definition) is 3. The third-order valence-electron chi connectivity index (χ3n) is 5.12. The summed E-state index contributed by atoms with van der Waals surface area (Å²) in [5.74, 6) is -0.0323. The van der Waals surface area contributed by atoms with Gasteiger partial charge in [0.1, 0.15) is 18.9 Å². The number of aryl methyl sites for hydroxylation is 1. The minimum absolute atomic E-state index is 0.0323. The fourth-order valence-corrected chi connectivity index (χ4v) is 3.73. The van der Waals surface area contributed by atoms with E-state index in [9.17, 15) is 31.1 Å². The fourth-order valence-electron chi connectivity index (χ4n) is 3.73. The molecule has 0 radical (unpaired) electrons. The number of fused-ring (bicyclic) bond motifs is 2. The van der Waals surface area contributed by atoms with Gasteiger partial charge in [-0.1, -0.05) is 29.8 Å². The molecule has 1 aliphatic heterocycles. The molecule has 0 bridgehead atoms. The van der Waals surface area contributed by atoms with E-state index < -0.39 is 41.4 Å². The number of anilines is 1. The van der Waals surface area contributed by atoms with Gasteiger partial charge in [0.05, 0.1) is 22.8 Å². The predicted octanol–water partition coefficient (Wildman–Crippen LogP) is 5.36. The van der Waals surface area contributed by atoms with Gasteiger partial charge in [0, 0.05) is 17.5 Å². The lowest BCUT2D eigenvalue weighted by Gasteiger charge is -2.39. The smallest absolute Gasteiger partial charge is 0.417 e. The van der Waals surface area contributed by atoms with Gasteiger partial charge in [-0.05, 0) is 18.6 Å². The first-order chi connectivity index (χ1) is 14.4. The number of nitrogens with zero attached hydrogens (tertiary/aromatic N) is 1. The summed E-state index contributed by atoms with van der Waals surface area (Å²) in [7, 11) is 0. The average molecular weight is 442 g/mol. The third kappa shape index (κ3) is 4.19. The van der Waals surface area contributed by atoms with Crippen LogP contribution in [-0.2, 0) is 6.18 Å². The maximum absolute atomic E-state index is 13.5. The van der Waals surface area contributed by atoms with E-state index in [0.717, 1.165) is 22.6 Å². The Hall–Kier alpha value is -3.17. The minimum atomic E-state index is -4.86. The van der Waals surface area contributed by atoms with Gasteiger partial charge in [0.2, 0.25) is 5.56 Å². The number of rotatable bonds is 2. The number of halogens is 6. The monoisotopic (exact) mass is 442 g/mol. The Morgan fingerprint density at radius 1 is 1.06 bits per heavy atom. The van der Waals surface area contributed by atoms with Crippen molar-refractivity contribution in [1.82, 2.24) is 4.98 Å². The van der Waals surface area contributed by atoms with Crippen LogP contribution in [-0.4, -0.2) is 24.3 Å². The van der Waals surface area contributed by atoms with Crippen molar-refractivity contribution in [2.24, 2.45) is 0 Å². The first-order valence-electron chi connectivity index (χ1n) is 9.23. The molecule has 1 aliphatic rings. The Kier molecular flexibility index (Phi) is 4.90. The Labute approximate surface area is 172 Å². The highest BCUT2D eigenvalue weighted by molar-refractivity contribution is 5.89. The molecule has 0 fully saturated rings. The minimum Gasteiger partial charge on any atom is -0.489 e. The summed E-state index contributed by atoms with van der Waals surface area (Å²) < 4.78 is 86.4. The first kappa shape index (κ1) is 21.1. The Morgan fingerprint density at radius 2 is 1.74 bits per heavy atom. The topological polar surface area (TPSA) is 45.3 Å².